The van der Waals surface area contributed by atoms with Crippen molar-refractivity contribution in [2.24, 2.45) is 0 Å². The molecule has 1 aliphatic rings. The topological polar surface area (TPSA) is 75.0 Å². The highest BCUT2D eigenvalue weighted by Gasteiger charge is 2.18. The van der Waals surface area contributed by atoms with Crippen molar-refractivity contribution in [3.63, 3.8) is 0 Å². The maximum absolute atomic E-state index is 12.4. The number of aryl methyl sites for hydroxylation is 1. The molecule has 4 rings (SSSR count). The van der Waals surface area contributed by atoms with Crippen molar-refractivity contribution in [1.82, 2.24) is 4.90 Å². The maximum atomic E-state index is 12.4. The fraction of sp³-hybridized carbons (Fsp3) is 0.308. The van der Waals surface area contributed by atoms with Crippen molar-refractivity contribution < 1.29 is 13.9 Å². The molecule has 0 aliphatic carbocycles. The Bertz CT molecular complexity index is 1100. The number of ether oxygens (including phenoxy) is 1. The van der Waals surface area contributed by atoms with Gasteiger partial charge in [-0.2, -0.15) is 0 Å². The molecule has 1 N–H and O–H groups in total. The van der Waals surface area contributed by atoms with Crippen molar-refractivity contribution in [1.29, 1.82) is 0 Å². The van der Waals surface area contributed by atoms with Crippen LogP contribution in [0.5, 0.6) is 5.75 Å². The van der Waals surface area contributed by atoms with Gasteiger partial charge in [0.05, 0.1) is 6.54 Å². The molecule has 1 amide bonds. The zero-order valence-electron chi connectivity index (χ0n) is 18.8. The van der Waals surface area contributed by atoms with Gasteiger partial charge in [0.2, 0.25) is 11.2 Å². The van der Waals surface area contributed by atoms with Crippen LogP contribution in [0.3, 0.4) is 0 Å². The minimum absolute atomic E-state index is 0.0316. The van der Waals surface area contributed by atoms with E-state index in [2.05, 4.69) is 34.2 Å². The molecule has 7 nitrogen and oxygen atoms in total. The summed E-state index contributed by atoms with van der Waals surface area (Å²) >= 11 is 0. The largest absolute Gasteiger partial charge is 0.477 e. The first-order chi connectivity index (χ1) is 16.1. The molecule has 1 aliphatic heterocycles. The van der Waals surface area contributed by atoms with Crippen LogP contribution in [0, 0.1) is 0 Å². The van der Waals surface area contributed by atoms with Gasteiger partial charge in [-0.15, -0.1) is 0 Å². The van der Waals surface area contributed by atoms with E-state index < -0.39 is 0 Å². The third-order valence-electron chi connectivity index (χ3n) is 5.73. The summed E-state index contributed by atoms with van der Waals surface area (Å²) in [7, 11) is 0. The second-order valence-electron chi connectivity index (χ2n) is 8.06. The third-order valence-corrected chi connectivity index (χ3v) is 5.73. The lowest BCUT2D eigenvalue weighted by Gasteiger charge is -2.35. The number of hydrogen-bond donors (Lipinski definition) is 1. The number of piperazine rings is 1. The molecule has 1 aromatic heterocycles. The molecular weight excluding hydrogens is 418 g/mol. The number of hydrogen-bond acceptors (Lipinski definition) is 6. The summed E-state index contributed by atoms with van der Waals surface area (Å²) in [6.07, 6.45) is 2.23. The monoisotopic (exact) mass is 447 g/mol. The van der Waals surface area contributed by atoms with E-state index in [1.165, 1.54) is 23.6 Å². The normalized spacial score (nSPS) is 14.2. The average molecular weight is 448 g/mol. The van der Waals surface area contributed by atoms with Gasteiger partial charge in [-0.05, 0) is 36.2 Å². The molecule has 2 heterocycles. The fourth-order valence-corrected chi connectivity index (χ4v) is 3.81. The number of anilines is 2. The Kier molecular flexibility index (Phi) is 7.42. The second kappa shape index (κ2) is 10.8. The van der Waals surface area contributed by atoms with Crippen LogP contribution in [0.4, 0.5) is 11.4 Å². The maximum Gasteiger partial charge on any atom is 0.262 e. The average Bonchev–Trinajstić information content (AvgIpc) is 2.85. The Morgan fingerprint density at radius 1 is 1.03 bits per heavy atom. The highest BCUT2D eigenvalue weighted by molar-refractivity contribution is 5.91. The Morgan fingerprint density at radius 2 is 1.76 bits per heavy atom. The minimum Gasteiger partial charge on any atom is -0.477 e. The second-order valence-corrected chi connectivity index (χ2v) is 8.06. The van der Waals surface area contributed by atoms with Gasteiger partial charge >= 0.3 is 0 Å². The van der Waals surface area contributed by atoms with Crippen LogP contribution in [0.15, 0.2) is 76.1 Å². The first-order valence-corrected chi connectivity index (χ1v) is 11.3. The van der Waals surface area contributed by atoms with Crippen LogP contribution in [0.1, 0.15) is 18.2 Å². The Hall–Kier alpha value is -3.58. The number of carbonyl (C=O) groups is 1. The standard InChI is InChI=1S/C26H29N3O4/c1-2-20-8-10-21(11-9-20)27-26(31)19-33-25-18-32-23(16-24(25)30)17-28-12-14-29(15-13-28)22-6-4-3-5-7-22/h3-11,16,18H,2,12-15,17,19H2,1H3,(H,27,31). The summed E-state index contributed by atoms with van der Waals surface area (Å²) in [6.45, 7) is 5.99. The molecule has 2 aromatic carbocycles. The van der Waals surface area contributed by atoms with Crippen molar-refractivity contribution in [3.05, 3.63) is 88.5 Å². The molecule has 3 aromatic rings. The fourth-order valence-electron chi connectivity index (χ4n) is 3.81. The van der Waals surface area contributed by atoms with Gasteiger partial charge in [0.15, 0.2) is 6.61 Å². The summed E-state index contributed by atoms with van der Waals surface area (Å²) < 4.78 is 11.0. The molecule has 0 saturated carbocycles. The van der Waals surface area contributed by atoms with E-state index in [1.807, 2.05) is 42.5 Å². The lowest BCUT2D eigenvalue weighted by molar-refractivity contribution is -0.118. The number of para-hydroxylation sites is 1. The molecule has 0 atom stereocenters. The molecule has 1 saturated heterocycles. The first-order valence-electron chi connectivity index (χ1n) is 11.3. The van der Waals surface area contributed by atoms with E-state index in [0.29, 0.717) is 18.0 Å². The van der Waals surface area contributed by atoms with Crippen LogP contribution in [0.2, 0.25) is 0 Å². The van der Waals surface area contributed by atoms with Crippen molar-refractivity contribution >= 4 is 17.3 Å². The Morgan fingerprint density at radius 3 is 2.42 bits per heavy atom. The van der Waals surface area contributed by atoms with Gasteiger partial charge in [0.1, 0.15) is 12.0 Å². The number of rotatable bonds is 8. The van der Waals surface area contributed by atoms with Gasteiger partial charge < -0.3 is 19.4 Å². The van der Waals surface area contributed by atoms with Crippen LogP contribution >= 0.6 is 0 Å². The minimum atomic E-state index is -0.334. The quantitative estimate of drug-likeness (QED) is 0.569. The van der Waals surface area contributed by atoms with Gasteiger partial charge in [-0.1, -0.05) is 37.3 Å². The van der Waals surface area contributed by atoms with E-state index in [0.717, 1.165) is 32.6 Å². The van der Waals surface area contributed by atoms with Gasteiger partial charge in [0.25, 0.3) is 5.91 Å². The van der Waals surface area contributed by atoms with E-state index in [4.69, 9.17) is 9.15 Å². The van der Waals surface area contributed by atoms with Crippen molar-refractivity contribution in [3.8, 4) is 5.75 Å². The molecule has 0 radical (unpaired) electrons. The lowest BCUT2D eigenvalue weighted by Crippen LogP contribution is -2.46. The predicted molar refractivity (Wildman–Crippen MR) is 129 cm³/mol. The Balaban J connectivity index is 1.25. The smallest absolute Gasteiger partial charge is 0.262 e. The van der Waals surface area contributed by atoms with Crippen LogP contribution in [-0.2, 0) is 17.8 Å². The number of amides is 1. The van der Waals surface area contributed by atoms with E-state index >= 15 is 0 Å². The van der Waals surface area contributed by atoms with E-state index in [1.54, 1.807) is 0 Å². The van der Waals surface area contributed by atoms with Gasteiger partial charge in [-0.3, -0.25) is 14.5 Å². The molecule has 172 valence electrons. The molecule has 0 bridgehead atoms. The number of benzene rings is 2. The lowest BCUT2D eigenvalue weighted by atomic mass is 10.1. The molecule has 7 heteroatoms. The first kappa shape index (κ1) is 22.6. The molecule has 0 unspecified atom stereocenters. The highest BCUT2D eigenvalue weighted by atomic mass is 16.5. The van der Waals surface area contributed by atoms with Gasteiger partial charge in [-0.25, -0.2) is 0 Å². The zero-order chi connectivity index (χ0) is 23.0. The summed E-state index contributed by atoms with van der Waals surface area (Å²) in [4.78, 5) is 29.2. The third kappa shape index (κ3) is 6.23. The van der Waals surface area contributed by atoms with Crippen LogP contribution in [0.25, 0.3) is 0 Å². The van der Waals surface area contributed by atoms with Crippen molar-refractivity contribution in [2.45, 2.75) is 19.9 Å². The molecule has 1 fully saturated rings. The number of nitrogens with one attached hydrogen (secondary N) is 1. The van der Waals surface area contributed by atoms with E-state index in [9.17, 15) is 9.59 Å². The Labute approximate surface area is 193 Å². The molecular formula is C26H29N3O4. The zero-order valence-corrected chi connectivity index (χ0v) is 18.8. The van der Waals surface area contributed by atoms with Crippen LogP contribution in [-0.4, -0.2) is 43.6 Å². The van der Waals surface area contributed by atoms with Gasteiger partial charge in [0, 0.05) is 43.6 Å². The summed E-state index contributed by atoms with van der Waals surface area (Å²) in [5.74, 6) is 0.282. The highest BCUT2D eigenvalue weighted by Crippen LogP contribution is 2.17. The summed E-state index contributed by atoms with van der Waals surface area (Å²) in [5.41, 5.74) is 2.82. The van der Waals surface area contributed by atoms with Crippen molar-refractivity contribution in [2.75, 3.05) is 43.0 Å². The summed E-state index contributed by atoms with van der Waals surface area (Å²) in [6, 6.07) is 19.4. The predicted octanol–water partition coefficient (Wildman–Crippen LogP) is 3.54. The van der Waals surface area contributed by atoms with Crippen LogP contribution < -0.4 is 20.4 Å². The number of nitrogens with zero attached hydrogens (tertiary/aromatic N) is 2. The summed E-state index contributed by atoms with van der Waals surface area (Å²) in [5, 5.41) is 2.76. The van der Waals surface area contributed by atoms with E-state index in [-0.39, 0.29) is 23.7 Å². The molecule has 33 heavy (non-hydrogen) atoms. The molecule has 0 spiro atoms. The SMILES string of the molecule is CCc1ccc(NC(=O)COc2coc(CN3CCN(c4ccccc4)CC3)cc2=O)cc1. The number of carbonyl (C=O) groups excluding carboxylic acids is 1.